The Labute approximate surface area is 150 Å². The standard InChI is InChI=1S/C21H28N2O2/c1-15(2)18-7-9-19(10-8-18)25-21-20(11-6-16(3)23-21)24-14-17-5-4-12-22-13-17/h6-11,15,17,22H,4-5,12-14H2,1-3H3/t17-/m0/s1. The van der Waals surface area contributed by atoms with Gasteiger partial charge in [-0.15, -0.1) is 0 Å². The fourth-order valence-electron chi connectivity index (χ4n) is 3.01. The number of benzene rings is 1. The van der Waals surface area contributed by atoms with Crippen molar-refractivity contribution in [2.75, 3.05) is 19.7 Å². The summed E-state index contributed by atoms with van der Waals surface area (Å²) in [5, 5.41) is 3.42. The number of aromatic nitrogens is 1. The van der Waals surface area contributed by atoms with Crippen LogP contribution in [0.15, 0.2) is 36.4 Å². The SMILES string of the molecule is Cc1ccc(OC[C@H]2CCCNC2)c(Oc2ccc(C(C)C)cc2)n1. The van der Waals surface area contributed by atoms with Crippen LogP contribution < -0.4 is 14.8 Å². The maximum Gasteiger partial charge on any atom is 0.262 e. The molecule has 0 spiro atoms. The molecule has 0 amide bonds. The Hall–Kier alpha value is -2.07. The van der Waals surface area contributed by atoms with Gasteiger partial charge >= 0.3 is 0 Å². The number of rotatable bonds is 6. The molecule has 4 heteroatoms. The van der Waals surface area contributed by atoms with Gasteiger partial charge in [0.2, 0.25) is 0 Å². The lowest BCUT2D eigenvalue weighted by Gasteiger charge is -2.23. The highest BCUT2D eigenvalue weighted by Crippen LogP contribution is 2.31. The molecular weight excluding hydrogens is 312 g/mol. The van der Waals surface area contributed by atoms with Crippen molar-refractivity contribution >= 4 is 0 Å². The molecule has 1 saturated heterocycles. The Balaban J connectivity index is 1.69. The van der Waals surface area contributed by atoms with Gasteiger partial charge in [0, 0.05) is 18.2 Å². The fourth-order valence-corrected chi connectivity index (χ4v) is 3.01. The largest absolute Gasteiger partial charge is 0.488 e. The third-order valence-electron chi connectivity index (χ3n) is 4.60. The third kappa shape index (κ3) is 4.95. The van der Waals surface area contributed by atoms with Crippen molar-refractivity contribution in [3.05, 3.63) is 47.7 Å². The lowest BCUT2D eigenvalue weighted by atomic mass is 10.0. The molecule has 0 bridgehead atoms. The van der Waals surface area contributed by atoms with Crippen molar-refractivity contribution in [3.8, 4) is 17.4 Å². The predicted molar refractivity (Wildman–Crippen MR) is 101 cm³/mol. The molecular formula is C21H28N2O2. The molecule has 2 aromatic rings. The van der Waals surface area contributed by atoms with Gasteiger partial charge in [0.25, 0.3) is 5.88 Å². The molecule has 3 rings (SSSR count). The van der Waals surface area contributed by atoms with E-state index in [4.69, 9.17) is 9.47 Å². The molecule has 0 unspecified atom stereocenters. The van der Waals surface area contributed by atoms with E-state index < -0.39 is 0 Å². The molecule has 1 aliphatic heterocycles. The van der Waals surface area contributed by atoms with Crippen molar-refractivity contribution in [2.45, 2.75) is 39.5 Å². The second kappa shape index (κ2) is 8.34. The van der Waals surface area contributed by atoms with E-state index in [-0.39, 0.29) is 0 Å². The lowest BCUT2D eigenvalue weighted by Crippen LogP contribution is -2.33. The van der Waals surface area contributed by atoms with Crippen LogP contribution in [-0.4, -0.2) is 24.7 Å². The van der Waals surface area contributed by atoms with Gasteiger partial charge in [-0.05, 0) is 62.1 Å². The van der Waals surface area contributed by atoms with Crippen LogP contribution >= 0.6 is 0 Å². The topological polar surface area (TPSA) is 43.4 Å². The molecule has 0 saturated carbocycles. The minimum Gasteiger partial charge on any atom is -0.488 e. The van der Waals surface area contributed by atoms with Gasteiger partial charge in [-0.3, -0.25) is 0 Å². The first-order chi connectivity index (χ1) is 12.1. The quantitative estimate of drug-likeness (QED) is 0.829. The molecule has 4 nitrogen and oxygen atoms in total. The Morgan fingerprint density at radius 2 is 1.96 bits per heavy atom. The summed E-state index contributed by atoms with van der Waals surface area (Å²) in [4.78, 5) is 4.53. The number of aryl methyl sites for hydroxylation is 1. The molecule has 134 valence electrons. The van der Waals surface area contributed by atoms with Gasteiger partial charge < -0.3 is 14.8 Å². The van der Waals surface area contributed by atoms with Crippen molar-refractivity contribution in [1.82, 2.24) is 10.3 Å². The van der Waals surface area contributed by atoms with E-state index in [0.29, 0.717) is 30.1 Å². The molecule has 1 aromatic heterocycles. The molecule has 2 heterocycles. The second-order valence-corrected chi connectivity index (χ2v) is 7.11. The van der Waals surface area contributed by atoms with Crippen LogP contribution in [0.2, 0.25) is 0 Å². The summed E-state index contributed by atoms with van der Waals surface area (Å²) >= 11 is 0. The average molecular weight is 340 g/mol. The highest BCUT2D eigenvalue weighted by Gasteiger charge is 2.16. The molecule has 1 aliphatic rings. The summed E-state index contributed by atoms with van der Waals surface area (Å²) in [5.74, 6) is 3.10. The Morgan fingerprint density at radius 1 is 1.16 bits per heavy atom. The monoisotopic (exact) mass is 340 g/mol. The maximum atomic E-state index is 6.04. The molecule has 0 radical (unpaired) electrons. The van der Waals surface area contributed by atoms with Crippen LogP contribution in [0.25, 0.3) is 0 Å². The van der Waals surface area contributed by atoms with E-state index in [1.165, 1.54) is 18.4 Å². The second-order valence-electron chi connectivity index (χ2n) is 7.11. The minimum atomic E-state index is 0.508. The summed E-state index contributed by atoms with van der Waals surface area (Å²) in [6, 6.07) is 12.1. The lowest BCUT2D eigenvalue weighted by molar-refractivity contribution is 0.211. The smallest absolute Gasteiger partial charge is 0.262 e. The van der Waals surface area contributed by atoms with E-state index in [9.17, 15) is 0 Å². The van der Waals surface area contributed by atoms with Crippen LogP contribution in [0.3, 0.4) is 0 Å². The first kappa shape index (κ1) is 17.7. The average Bonchev–Trinajstić information content (AvgIpc) is 2.62. The van der Waals surface area contributed by atoms with Crippen molar-refractivity contribution in [1.29, 1.82) is 0 Å². The summed E-state index contributed by atoms with van der Waals surface area (Å²) in [5.41, 5.74) is 2.21. The molecule has 25 heavy (non-hydrogen) atoms. The molecule has 1 aromatic carbocycles. The van der Waals surface area contributed by atoms with Crippen molar-refractivity contribution < 1.29 is 9.47 Å². The molecule has 1 atom stereocenters. The Bertz CT molecular complexity index is 677. The van der Waals surface area contributed by atoms with E-state index in [0.717, 1.165) is 24.5 Å². The molecule has 1 N–H and O–H groups in total. The van der Waals surface area contributed by atoms with Gasteiger partial charge in [0.15, 0.2) is 5.75 Å². The van der Waals surface area contributed by atoms with Crippen LogP contribution in [0.4, 0.5) is 0 Å². The number of hydrogen-bond acceptors (Lipinski definition) is 4. The zero-order valence-electron chi connectivity index (χ0n) is 15.4. The number of nitrogens with one attached hydrogen (secondary N) is 1. The number of piperidine rings is 1. The Morgan fingerprint density at radius 3 is 2.64 bits per heavy atom. The number of nitrogens with zero attached hydrogens (tertiary/aromatic N) is 1. The van der Waals surface area contributed by atoms with E-state index in [2.05, 4.69) is 36.3 Å². The van der Waals surface area contributed by atoms with Crippen molar-refractivity contribution in [2.24, 2.45) is 5.92 Å². The minimum absolute atomic E-state index is 0.508. The number of pyridine rings is 1. The zero-order chi connectivity index (χ0) is 17.6. The fraction of sp³-hybridized carbons (Fsp3) is 0.476. The normalized spacial score (nSPS) is 17.5. The highest BCUT2D eigenvalue weighted by molar-refractivity contribution is 5.39. The van der Waals surface area contributed by atoms with Crippen LogP contribution in [0.1, 0.15) is 43.9 Å². The molecule has 1 fully saturated rings. The summed E-state index contributed by atoms with van der Waals surface area (Å²) in [6.45, 7) is 9.16. The first-order valence-electron chi connectivity index (χ1n) is 9.21. The van der Waals surface area contributed by atoms with E-state index in [1.54, 1.807) is 0 Å². The summed E-state index contributed by atoms with van der Waals surface area (Å²) in [6.07, 6.45) is 2.42. The Kier molecular flexibility index (Phi) is 5.92. The van der Waals surface area contributed by atoms with Gasteiger partial charge in [-0.25, -0.2) is 4.98 Å². The highest BCUT2D eigenvalue weighted by atomic mass is 16.5. The van der Waals surface area contributed by atoms with Gasteiger partial charge in [-0.1, -0.05) is 26.0 Å². The predicted octanol–water partition coefficient (Wildman–Crippen LogP) is 4.68. The van der Waals surface area contributed by atoms with Gasteiger partial charge in [0.05, 0.1) is 6.61 Å². The van der Waals surface area contributed by atoms with Gasteiger partial charge in [-0.2, -0.15) is 0 Å². The van der Waals surface area contributed by atoms with E-state index in [1.807, 2.05) is 31.2 Å². The zero-order valence-corrected chi connectivity index (χ0v) is 15.4. The maximum absolute atomic E-state index is 6.04. The summed E-state index contributed by atoms with van der Waals surface area (Å²) < 4.78 is 12.1. The van der Waals surface area contributed by atoms with E-state index >= 15 is 0 Å². The van der Waals surface area contributed by atoms with Gasteiger partial charge in [0.1, 0.15) is 5.75 Å². The van der Waals surface area contributed by atoms with Crippen molar-refractivity contribution in [3.63, 3.8) is 0 Å². The van der Waals surface area contributed by atoms with Crippen LogP contribution in [-0.2, 0) is 0 Å². The first-order valence-corrected chi connectivity index (χ1v) is 9.21. The van der Waals surface area contributed by atoms with Crippen LogP contribution in [0, 0.1) is 12.8 Å². The van der Waals surface area contributed by atoms with Crippen LogP contribution in [0.5, 0.6) is 17.4 Å². The number of ether oxygens (including phenoxy) is 2. The molecule has 0 aliphatic carbocycles. The third-order valence-corrected chi connectivity index (χ3v) is 4.60. The number of hydrogen-bond donors (Lipinski definition) is 1. The summed E-state index contributed by atoms with van der Waals surface area (Å²) in [7, 11) is 0.